The van der Waals surface area contributed by atoms with Gasteiger partial charge in [-0.15, -0.1) is 0 Å². The van der Waals surface area contributed by atoms with Crippen molar-refractivity contribution in [2.24, 2.45) is 4.99 Å². The average Bonchev–Trinajstić information content (AvgIpc) is 3.32. The van der Waals surface area contributed by atoms with Gasteiger partial charge in [0.25, 0.3) is 5.79 Å². The van der Waals surface area contributed by atoms with Gasteiger partial charge in [-0.25, -0.2) is 4.79 Å². The number of amides is 1. The molecule has 10 N–H and O–H groups in total. The summed E-state index contributed by atoms with van der Waals surface area (Å²) in [6.07, 6.45) is 13.0. The van der Waals surface area contributed by atoms with Gasteiger partial charge in [0.15, 0.2) is 6.29 Å². The number of nitrogens with one attached hydrogen (secondary N) is 1. The van der Waals surface area contributed by atoms with Crippen LogP contribution in [0, 0.1) is 0 Å². The van der Waals surface area contributed by atoms with Crippen molar-refractivity contribution in [1.29, 1.82) is 0 Å². The molecule has 0 bridgehead atoms. The largest absolute Gasteiger partial charge is 1.00 e. The third-order valence-corrected chi connectivity index (χ3v) is 13.3. The van der Waals surface area contributed by atoms with E-state index in [0.717, 1.165) is 51.9 Å². The first-order valence-corrected chi connectivity index (χ1v) is 26.5. The summed E-state index contributed by atoms with van der Waals surface area (Å²) in [5.41, 5.74) is 0. The van der Waals surface area contributed by atoms with E-state index in [-0.39, 0.29) is 41.9 Å². The molecule has 0 aromatic carbocycles. The van der Waals surface area contributed by atoms with E-state index >= 15 is 0 Å². The van der Waals surface area contributed by atoms with Gasteiger partial charge < -0.3 is 75.3 Å². The predicted molar refractivity (Wildman–Crippen MR) is 259 cm³/mol. The third kappa shape index (κ3) is 25.3. The van der Waals surface area contributed by atoms with E-state index in [0.29, 0.717) is 12.8 Å². The smallest absolute Gasteiger partial charge is 0.862 e. The van der Waals surface area contributed by atoms with Gasteiger partial charge in [-0.05, 0) is 32.1 Å². The Morgan fingerprint density at radius 1 is 0.786 bits per heavy atom. The van der Waals surface area contributed by atoms with Crippen molar-refractivity contribution in [3.63, 3.8) is 0 Å². The van der Waals surface area contributed by atoms with Crippen LogP contribution >= 0.6 is 0 Å². The van der Waals surface area contributed by atoms with E-state index in [4.69, 9.17) is 18.9 Å². The molecule has 2 saturated heterocycles. The molecule has 0 spiro atoms. The number of rotatable bonds is 40. The Hall–Kier alpha value is -1.33. The van der Waals surface area contributed by atoms with Gasteiger partial charge >= 0.3 is 35.5 Å². The summed E-state index contributed by atoms with van der Waals surface area (Å²) in [6.45, 7) is 3.13. The molecule has 0 aromatic rings. The van der Waals surface area contributed by atoms with Gasteiger partial charge in [0.05, 0.1) is 38.1 Å². The minimum Gasteiger partial charge on any atom is -0.862 e. The van der Waals surface area contributed by atoms with Gasteiger partial charge in [-0.1, -0.05) is 167 Å². The van der Waals surface area contributed by atoms with Crippen molar-refractivity contribution in [2.45, 2.75) is 273 Å². The molecule has 2 heterocycles. The van der Waals surface area contributed by atoms with Crippen molar-refractivity contribution in [2.75, 3.05) is 19.8 Å². The van der Waals surface area contributed by atoms with Crippen LogP contribution in [0.4, 0.5) is 0 Å². The number of carboxylic acid groups (broad SMARTS) is 1. The quantitative estimate of drug-likeness (QED) is 0.0136. The summed E-state index contributed by atoms with van der Waals surface area (Å²) in [5, 5.41) is 111. The van der Waals surface area contributed by atoms with Gasteiger partial charge in [0, 0.05) is 12.8 Å². The van der Waals surface area contributed by atoms with Gasteiger partial charge in [-0.2, -0.15) is 0 Å². The molecule has 2 fully saturated rings. The molecule has 2 aliphatic heterocycles. The molecule has 70 heavy (non-hydrogen) atoms. The summed E-state index contributed by atoms with van der Waals surface area (Å²) in [6, 6.07) is -2.73. The maximum Gasteiger partial charge on any atom is 1.00 e. The van der Waals surface area contributed by atoms with Gasteiger partial charge in [0.2, 0.25) is 5.91 Å². The Morgan fingerprint density at radius 3 is 1.76 bits per heavy atom. The molecule has 1 amide bonds. The van der Waals surface area contributed by atoms with Crippen LogP contribution in [0.5, 0.6) is 0 Å². The maximum absolute atomic E-state index is 13.4. The maximum atomic E-state index is 13.4. The van der Waals surface area contributed by atoms with Gasteiger partial charge in [0.1, 0.15) is 48.8 Å². The van der Waals surface area contributed by atoms with E-state index in [2.05, 4.69) is 24.2 Å². The van der Waals surface area contributed by atoms with Crippen LogP contribution in [0.3, 0.4) is 0 Å². The second-order valence-corrected chi connectivity index (χ2v) is 19.3. The van der Waals surface area contributed by atoms with Crippen molar-refractivity contribution in [1.82, 2.24) is 5.32 Å². The Bertz CT molecular complexity index is 1410. The zero-order valence-electron chi connectivity index (χ0n) is 43.1. The second kappa shape index (κ2) is 39.1. The Morgan fingerprint density at radius 2 is 1.29 bits per heavy atom. The van der Waals surface area contributed by atoms with Crippen molar-refractivity contribution < 1.29 is 109 Å². The van der Waals surface area contributed by atoms with Crippen molar-refractivity contribution in [3.05, 3.63) is 12.2 Å². The normalized spacial score (nSPS) is 26.9. The Kier molecular flexibility index (Phi) is 37.3. The van der Waals surface area contributed by atoms with E-state index in [1.807, 2.05) is 6.08 Å². The number of hydrogen-bond acceptors (Lipinski definition) is 16. The summed E-state index contributed by atoms with van der Waals surface area (Å²) >= 11 is 0. The fraction of sp³-hybridized carbons (Fsp3) is 0.902. The first-order chi connectivity index (χ1) is 33.2. The third-order valence-electron chi connectivity index (χ3n) is 13.3. The van der Waals surface area contributed by atoms with E-state index < -0.39 is 117 Å². The fourth-order valence-corrected chi connectivity index (χ4v) is 9.02. The van der Waals surface area contributed by atoms with E-state index in [9.17, 15) is 60.7 Å². The van der Waals surface area contributed by atoms with Crippen molar-refractivity contribution >= 4 is 17.8 Å². The number of unbranched alkanes of at least 4 members (excludes halogenated alkanes) is 23. The zero-order chi connectivity index (χ0) is 51.0. The molecule has 2 aliphatic rings. The van der Waals surface area contributed by atoms with Crippen molar-refractivity contribution in [3.8, 4) is 0 Å². The number of ether oxygens (including phenoxy) is 4. The SMILES string of the molecule is CCCCCCCCCCCCC/C=C/[C@@H](O)[C@H](CO[C@@H]1O[C@H](CO)[C@H](O)[C@H](O)[C@H]1O[C@]1(C(=O)O)C[C@H](O)[C@@H](N=C(C)[O-])[C@H]([C@H](O)[C@H](O)CO)O1)NC(=O)CCCCCCCCCCCCCCC.[Na+]. The number of carboxylic acids is 1. The van der Waals surface area contributed by atoms with Crippen LogP contribution in [-0.4, -0.2) is 163 Å². The average molecular weight is 1010 g/mol. The molecule has 0 saturated carbocycles. The minimum absolute atomic E-state index is 0. The predicted octanol–water partition coefficient (Wildman–Crippen LogP) is 1.21. The first-order valence-electron chi connectivity index (χ1n) is 26.5. The molecule has 0 aliphatic carbocycles. The zero-order valence-corrected chi connectivity index (χ0v) is 45.1. The topological polar surface area (TPSA) is 301 Å². The monoisotopic (exact) mass is 1010 g/mol. The van der Waals surface area contributed by atoms with Crippen LogP contribution < -0.4 is 40.0 Å². The number of aliphatic imine (C=N–C) groups is 1. The summed E-state index contributed by atoms with van der Waals surface area (Å²) in [5.74, 6) is -6.06. The van der Waals surface area contributed by atoms with Crippen LogP contribution in [0.25, 0.3) is 0 Å². The van der Waals surface area contributed by atoms with Crippen LogP contribution in [-0.2, 0) is 28.5 Å². The molecule has 2 rings (SSSR count). The second-order valence-electron chi connectivity index (χ2n) is 19.3. The molecular formula is C51H93N2NaO16. The number of hydrogen-bond donors (Lipinski definition) is 10. The molecule has 0 aromatic heterocycles. The number of aliphatic hydroxyl groups is 8. The molecular weight excluding hydrogens is 920 g/mol. The minimum atomic E-state index is -2.98. The molecule has 404 valence electrons. The summed E-state index contributed by atoms with van der Waals surface area (Å²) in [7, 11) is 0. The van der Waals surface area contributed by atoms with Crippen LogP contribution in [0.2, 0.25) is 0 Å². The number of carbonyl (C=O) groups is 2. The number of carbonyl (C=O) groups excluding carboxylic acids is 1. The Balaban J connectivity index is 0.0000245. The number of nitrogens with zero attached hydrogens (tertiary/aromatic N) is 1. The standard InChI is InChI=1S/C51H94N2O16.Na/c1-4-6-8-10-12-14-16-18-20-22-24-26-28-30-38(57)37(53-42(60)31-29-27-25-23-21-19-17-15-13-11-9-7-5-2)35-66-49-48(46(63)45(62)41(34-55)67-49)69-51(50(64)65)32-39(58)43(52-36(3)56)47(68-51)44(61)40(59)33-54;/h28,30,37-41,43-49,54-55,57-59,61-63H,4-27,29,31-35H2,1-3H3,(H,52,56)(H,53,60)(H,64,65);/q;+1/p-1/b30-28+;/t37-,38+,39-,40+,41+,43+,44+,45-,46-,47+,48+,49+,51-;/m0./s1. The molecule has 19 heteroatoms. The first kappa shape index (κ1) is 66.7. The molecule has 18 nitrogen and oxygen atoms in total. The summed E-state index contributed by atoms with van der Waals surface area (Å²) in [4.78, 5) is 30.1. The Labute approximate surface area is 440 Å². The van der Waals surface area contributed by atoms with Gasteiger partial charge in [-0.3, -0.25) is 9.79 Å². The van der Waals surface area contributed by atoms with Crippen LogP contribution in [0.15, 0.2) is 17.1 Å². The molecule has 0 unspecified atom stereocenters. The van der Waals surface area contributed by atoms with E-state index in [1.54, 1.807) is 6.08 Å². The summed E-state index contributed by atoms with van der Waals surface area (Å²) < 4.78 is 23.4. The number of allylic oxidation sites excluding steroid dienone is 1. The molecule has 0 radical (unpaired) electrons. The van der Waals surface area contributed by atoms with Crippen LogP contribution in [0.1, 0.15) is 194 Å². The fourth-order valence-electron chi connectivity index (χ4n) is 9.02. The number of aliphatic hydroxyl groups excluding tert-OH is 8. The van der Waals surface area contributed by atoms with E-state index in [1.165, 1.54) is 103 Å². The number of aliphatic carboxylic acids is 1. The molecule has 13 atom stereocenters.